The molecule has 0 heterocycles. The molecule has 1 radical (unpaired) electrons. The number of hydrogen-bond acceptors (Lipinski definition) is 1. The topological polar surface area (TPSA) is 9.23 Å². The average molecular weight is 248 g/mol. The van der Waals surface area contributed by atoms with Crippen molar-refractivity contribution in [1.29, 1.82) is 0 Å². The first-order valence-corrected chi connectivity index (χ1v) is 8.88. The minimum absolute atomic E-state index is 0.787. The van der Waals surface area contributed by atoms with Gasteiger partial charge in [0.15, 0.2) is 0 Å². The molecule has 0 spiro atoms. The van der Waals surface area contributed by atoms with Gasteiger partial charge in [0.25, 0.3) is 0 Å². The van der Waals surface area contributed by atoms with Crippen LogP contribution in [0.3, 0.4) is 0 Å². The molecule has 0 fully saturated rings. The van der Waals surface area contributed by atoms with Gasteiger partial charge in [-0.15, -0.1) is 6.07 Å². The Balaban J connectivity index is 2.94. The molecule has 2 heteroatoms. The van der Waals surface area contributed by atoms with Gasteiger partial charge >= 0.3 is 0 Å². The second kappa shape index (κ2) is 7.09. The summed E-state index contributed by atoms with van der Waals surface area (Å²) in [7, 11) is 1.79. The van der Waals surface area contributed by atoms with Crippen LogP contribution in [0, 0.1) is 11.8 Å². The fourth-order valence-electron chi connectivity index (χ4n) is 2.49. The van der Waals surface area contributed by atoms with Crippen molar-refractivity contribution in [1.82, 2.24) is 0 Å². The van der Waals surface area contributed by atoms with Crippen molar-refractivity contribution < 1.29 is 4.74 Å². The van der Waals surface area contributed by atoms with Crippen molar-refractivity contribution in [2.75, 3.05) is 7.11 Å². The summed E-state index contributed by atoms with van der Waals surface area (Å²) in [6.07, 6.45) is 0. The summed E-state index contributed by atoms with van der Waals surface area (Å²) in [6.45, 7) is 9.32. The van der Waals surface area contributed by atoms with E-state index in [0.29, 0.717) is 0 Å². The Labute approximate surface area is 111 Å². The van der Waals surface area contributed by atoms with Gasteiger partial charge in [-0.1, -0.05) is 51.7 Å². The van der Waals surface area contributed by atoms with E-state index in [9.17, 15) is 0 Å². The van der Waals surface area contributed by atoms with Crippen LogP contribution in [0.1, 0.15) is 27.7 Å². The van der Waals surface area contributed by atoms with Crippen molar-refractivity contribution >= 4 is 18.6 Å². The van der Waals surface area contributed by atoms with Gasteiger partial charge in [-0.25, -0.2) is 15.0 Å². The van der Waals surface area contributed by atoms with Crippen molar-refractivity contribution in [3.05, 3.63) is 24.3 Å². The Morgan fingerprint density at radius 2 is 1.53 bits per heavy atom. The summed E-state index contributed by atoms with van der Waals surface area (Å²) in [5.74, 6) is 2.68. The van der Waals surface area contributed by atoms with Crippen LogP contribution in [0.25, 0.3) is 0 Å². The molecule has 1 rings (SSSR count). The van der Waals surface area contributed by atoms with E-state index in [2.05, 4.69) is 52.0 Å². The smallest absolute Gasteiger partial charge is 0.0773 e. The van der Waals surface area contributed by atoms with Crippen molar-refractivity contribution in [2.24, 2.45) is 11.8 Å². The highest BCUT2D eigenvalue weighted by Crippen LogP contribution is 2.18. The third-order valence-electron chi connectivity index (χ3n) is 3.09. The number of ether oxygens (including phenoxy) is 1. The second-order valence-corrected chi connectivity index (χ2v) is 8.66. The Bertz CT molecular complexity index is 323. The molecule has 0 amide bonds. The molecule has 0 atom stereocenters. The first-order valence-electron chi connectivity index (χ1n) is 6.67. The fraction of sp³-hybridized carbons (Fsp3) is 0.600. The Morgan fingerprint density at radius 3 is 2.00 bits per heavy atom. The van der Waals surface area contributed by atoms with Crippen LogP contribution in [0.2, 0.25) is 10.6 Å². The number of rotatable bonds is 6. The third kappa shape index (κ3) is 4.74. The molecule has 0 aliphatic carbocycles. The van der Waals surface area contributed by atoms with Gasteiger partial charge in [0.05, 0.1) is 12.9 Å². The highest BCUT2D eigenvalue weighted by Gasteiger charge is 2.10. The lowest BCUT2D eigenvalue weighted by Gasteiger charge is -2.31. The molecule has 0 N–H and O–H groups in total. The summed E-state index contributed by atoms with van der Waals surface area (Å²) in [6, 6.07) is 8.60. The first-order chi connectivity index (χ1) is 8.04. The van der Waals surface area contributed by atoms with Crippen LogP contribution in [-0.2, 0) is 0 Å². The minimum Gasteiger partial charge on any atom is -0.501 e. The highest BCUT2D eigenvalue weighted by molar-refractivity contribution is 6.74. The summed E-state index contributed by atoms with van der Waals surface area (Å²) in [5, 5.41) is 2.75. The second-order valence-electron chi connectivity index (χ2n) is 5.70. The molecule has 0 unspecified atom stereocenters. The lowest BCUT2D eigenvalue weighted by atomic mass is 10.3. The van der Waals surface area contributed by atoms with Gasteiger partial charge in [-0.2, -0.15) is 0 Å². The van der Waals surface area contributed by atoms with Gasteiger partial charge in [0, 0.05) is 14.1 Å². The van der Waals surface area contributed by atoms with Gasteiger partial charge < -0.3 is 4.74 Å². The molecule has 0 saturated carbocycles. The maximum Gasteiger partial charge on any atom is 0.0773 e. The molecular formula is C15H25AlO-. The number of benzene rings is 1. The predicted octanol–water partition coefficient (Wildman–Crippen LogP) is 3.71. The average Bonchev–Trinajstić information content (AvgIpc) is 2.27. The summed E-state index contributed by atoms with van der Waals surface area (Å²) in [4.78, 5) is 0. The monoisotopic (exact) mass is 248 g/mol. The molecule has 17 heavy (non-hydrogen) atoms. The van der Waals surface area contributed by atoms with Crippen molar-refractivity contribution in [3.8, 4) is 5.75 Å². The fourth-order valence-corrected chi connectivity index (χ4v) is 6.47. The van der Waals surface area contributed by atoms with Crippen LogP contribution in [0.15, 0.2) is 24.3 Å². The molecule has 0 bridgehead atoms. The SMILES string of the molecule is COc1cccc[c]1[Al-]([CH2]C(C)C)[CH2]C(C)C. The van der Waals surface area contributed by atoms with E-state index >= 15 is 0 Å². The van der Waals surface area contributed by atoms with Gasteiger partial charge in [0.1, 0.15) is 0 Å². The van der Waals surface area contributed by atoms with E-state index < -0.39 is 14.1 Å². The molecule has 0 saturated heterocycles. The van der Waals surface area contributed by atoms with Crippen molar-refractivity contribution in [2.45, 2.75) is 38.3 Å². The molecule has 1 nitrogen and oxygen atoms in total. The van der Waals surface area contributed by atoms with Crippen LogP contribution >= 0.6 is 0 Å². The normalized spacial score (nSPS) is 11.5. The van der Waals surface area contributed by atoms with Crippen molar-refractivity contribution in [3.63, 3.8) is 0 Å². The van der Waals surface area contributed by atoms with E-state index in [1.807, 2.05) is 0 Å². The molecule has 0 aliphatic rings. The standard InChI is InChI=1S/C7H7O.2C4H9.Al/c1-8-7-5-3-2-4-6-7;2*1-4(2)3;/h2-5H,1H3;2*4H,1H2,2-3H3;/q;;;-1. The van der Waals surface area contributed by atoms with Gasteiger partial charge in [-0.05, 0) is 6.07 Å². The van der Waals surface area contributed by atoms with Crippen LogP contribution < -0.4 is 9.16 Å². The lowest BCUT2D eigenvalue weighted by molar-refractivity contribution is 0.418. The zero-order valence-electron chi connectivity index (χ0n) is 11.9. The third-order valence-corrected chi connectivity index (χ3v) is 7.47. The lowest BCUT2D eigenvalue weighted by Crippen LogP contribution is -2.33. The molecule has 0 aromatic heterocycles. The molecule has 1 aromatic rings. The quantitative estimate of drug-likeness (QED) is 0.697. The Morgan fingerprint density at radius 1 is 1.00 bits per heavy atom. The van der Waals surface area contributed by atoms with E-state index in [-0.39, 0.29) is 0 Å². The summed E-state index contributed by atoms with van der Waals surface area (Å²) >= 11 is -0.890. The number of methoxy groups -OCH3 is 1. The van der Waals surface area contributed by atoms with Crippen LogP contribution in [0.4, 0.5) is 0 Å². The molecule has 95 valence electrons. The predicted molar refractivity (Wildman–Crippen MR) is 77.7 cm³/mol. The Kier molecular flexibility index (Phi) is 6.09. The molecular weight excluding hydrogens is 223 g/mol. The maximum atomic E-state index is 5.52. The summed E-state index contributed by atoms with van der Waals surface area (Å²) < 4.78 is 7.04. The molecule has 1 aromatic carbocycles. The van der Waals surface area contributed by atoms with E-state index in [4.69, 9.17) is 4.74 Å². The van der Waals surface area contributed by atoms with Gasteiger partial charge in [0.2, 0.25) is 0 Å². The van der Waals surface area contributed by atoms with E-state index in [1.165, 1.54) is 15.0 Å². The van der Waals surface area contributed by atoms with E-state index in [1.54, 1.807) is 7.11 Å². The first kappa shape index (κ1) is 14.6. The zero-order chi connectivity index (χ0) is 12.8. The largest absolute Gasteiger partial charge is 0.501 e. The number of hydrogen-bond donors (Lipinski definition) is 0. The van der Waals surface area contributed by atoms with Gasteiger partial charge in [-0.3, -0.25) is 0 Å². The minimum atomic E-state index is -0.890. The number of para-hydroxylation sites is 1. The zero-order valence-corrected chi connectivity index (χ0v) is 13.0. The van der Waals surface area contributed by atoms with Crippen LogP contribution in [0.5, 0.6) is 5.75 Å². The summed E-state index contributed by atoms with van der Waals surface area (Å²) in [5.41, 5.74) is 0. The highest BCUT2D eigenvalue weighted by atomic mass is 27.2. The molecule has 0 aliphatic heterocycles. The van der Waals surface area contributed by atoms with Crippen LogP contribution in [-0.4, -0.2) is 21.3 Å². The maximum absolute atomic E-state index is 5.52. The van der Waals surface area contributed by atoms with E-state index in [0.717, 1.165) is 17.6 Å². The Hall–Kier alpha value is -0.448.